The minimum Gasteiger partial charge on any atom is -0.264 e. The molecular weight excluding hydrogens is 246 g/mol. The highest BCUT2D eigenvalue weighted by Gasteiger charge is 2.49. The van der Waals surface area contributed by atoms with Crippen molar-refractivity contribution in [1.29, 1.82) is 5.26 Å². The van der Waals surface area contributed by atoms with Crippen LogP contribution < -0.4 is 0 Å². The van der Waals surface area contributed by atoms with E-state index in [-0.39, 0.29) is 0 Å². The van der Waals surface area contributed by atoms with Gasteiger partial charge in [-0.3, -0.25) is 4.68 Å². The normalized spacial score (nSPS) is 38.4. The third-order valence-electron chi connectivity index (χ3n) is 5.96. The molecule has 0 spiro atoms. The van der Waals surface area contributed by atoms with E-state index in [0.717, 1.165) is 29.2 Å². The molecule has 1 aromatic rings. The lowest BCUT2D eigenvalue weighted by Gasteiger charge is -2.54. The van der Waals surface area contributed by atoms with Gasteiger partial charge in [0.25, 0.3) is 0 Å². The largest absolute Gasteiger partial charge is 0.264 e. The molecular formula is C17H23N3. The summed E-state index contributed by atoms with van der Waals surface area (Å²) in [7, 11) is 0. The lowest BCUT2D eigenvalue weighted by atomic mass is 9.54. The highest BCUT2D eigenvalue weighted by Crippen LogP contribution is 2.58. The Bertz CT molecular complexity index is 535. The Balaban J connectivity index is 1.75. The van der Waals surface area contributed by atoms with E-state index >= 15 is 0 Å². The van der Waals surface area contributed by atoms with Crippen molar-refractivity contribution in [3.63, 3.8) is 0 Å². The highest BCUT2D eigenvalue weighted by atomic mass is 15.3. The van der Waals surface area contributed by atoms with Crippen molar-refractivity contribution in [1.82, 2.24) is 9.78 Å². The van der Waals surface area contributed by atoms with Crippen LogP contribution >= 0.6 is 0 Å². The van der Waals surface area contributed by atoms with Gasteiger partial charge in [0, 0.05) is 0 Å². The Kier molecular flexibility index (Phi) is 2.70. The summed E-state index contributed by atoms with van der Waals surface area (Å²) in [6.45, 7) is 4.37. The van der Waals surface area contributed by atoms with E-state index < -0.39 is 0 Å². The van der Waals surface area contributed by atoms with E-state index in [1.54, 1.807) is 6.20 Å². The number of rotatable bonds is 2. The molecule has 5 rings (SSSR count). The summed E-state index contributed by atoms with van der Waals surface area (Å²) in [4.78, 5) is 0. The van der Waals surface area contributed by atoms with Crippen molar-refractivity contribution in [3.8, 4) is 6.07 Å². The van der Waals surface area contributed by atoms with Crippen LogP contribution in [-0.4, -0.2) is 9.78 Å². The van der Waals surface area contributed by atoms with E-state index in [4.69, 9.17) is 0 Å². The number of aromatic nitrogens is 2. The summed E-state index contributed by atoms with van der Waals surface area (Å²) in [6, 6.07) is 2.91. The first-order valence-corrected chi connectivity index (χ1v) is 8.14. The molecule has 3 heteroatoms. The van der Waals surface area contributed by atoms with Crippen LogP contribution in [0, 0.1) is 35.0 Å². The SMILES string of the molecule is CC(C)c1c(C#N)cnn1C1C2CC3CC(C2)CC1C3. The fourth-order valence-electron chi connectivity index (χ4n) is 5.57. The van der Waals surface area contributed by atoms with Crippen molar-refractivity contribution in [2.45, 2.75) is 57.9 Å². The van der Waals surface area contributed by atoms with Gasteiger partial charge in [-0.1, -0.05) is 13.8 Å². The maximum absolute atomic E-state index is 9.33. The van der Waals surface area contributed by atoms with Gasteiger partial charge in [-0.05, 0) is 61.7 Å². The second kappa shape index (κ2) is 4.35. The van der Waals surface area contributed by atoms with Crippen molar-refractivity contribution < 1.29 is 0 Å². The number of nitrogens with zero attached hydrogens (tertiary/aromatic N) is 3. The number of nitriles is 1. The molecule has 0 aromatic carbocycles. The number of hydrogen-bond acceptors (Lipinski definition) is 2. The minimum atomic E-state index is 0.379. The Labute approximate surface area is 121 Å². The first kappa shape index (κ1) is 12.4. The minimum absolute atomic E-state index is 0.379. The molecule has 4 bridgehead atoms. The zero-order valence-corrected chi connectivity index (χ0v) is 12.4. The van der Waals surface area contributed by atoms with Crippen molar-refractivity contribution >= 4 is 0 Å². The van der Waals surface area contributed by atoms with Crippen LogP contribution in [0.1, 0.15) is 69.2 Å². The van der Waals surface area contributed by atoms with Crippen LogP contribution in [0.4, 0.5) is 0 Å². The zero-order valence-electron chi connectivity index (χ0n) is 12.4. The quantitative estimate of drug-likeness (QED) is 0.817. The van der Waals surface area contributed by atoms with E-state index in [0.29, 0.717) is 12.0 Å². The van der Waals surface area contributed by atoms with Gasteiger partial charge >= 0.3 is 0 Å². The van der Waals surface area contributed by atoms with Gasteiger partial charge in [0.15, 0.2) is 0 Å². The van der Waals surface area contributed by atoms with Gasteiger partial charge < -0.3 is 0 Å². The number of hydrogen-bond donors (Lipinski definition) is 0. The van der Waals surface area contributed by atoms with Crippen molar-refractivity contribution in [2.24, 2.45) is 23.7 Å². The van der Waals surface area contributed by atoms with Crippen LogP contribution in [0.25, 0.3) is 0 Å². The van der Waals surface area contributed by atoms with E-state index in [1.807, 2.05) is 0 Å². The van der Waals surface area contributed by atoms with Crippen LogP contribution in [-0.2, 0) is 0 Å². The van der Waals surface area contributed by atoms with Crippen LogP contribution in [0.15, 0.2) is 6.20 Å². The Morgan fingerprint density at radius 1 is 1.15 bits per heavy atom. The van der Waals surface area contributed by atoms with Crippen LogP contribution in [0.5, 0.6) is 0 Å². The van der Waals surface area contributed by atoms with Gasteiger partial charge in [0.2, 0.25) is 0 Å². The third-order valence-corrected chi connectivity index (χ3v) is 5.96. The molecule has 20 heavy (non-hydrogen) atoms. The standard InChI is InChI=1S/C17H23N3/c1-10(2)16-15(8-18)9-19-20(16)17-13-4-11-3-12(6-13)7-14(17)5-11/h9-14,17H,3-7H2,1-2H3. The lowest BCUT2D eigenvalue weighted by molar-refractivity contribution is -0.0348. The van der Waals surface area contributed by atoms with Crippen molar-refractivity contribution in [3.05, 3.63) is 17.5 Å². The molecule has 106 valence electrons. The van der Waals surface area contributed by atoms with Gasteiger partial charge in [-0.2, -0.15) is 10.4 Å². The molecule has 0 N–H and O–H groups in total. The maximum Gasteiger partial charge on any atom is 0.103 e. The molecule has 4 saturated carbocycles. The molecule has 0 amide bonds. The molecule has 3 nitrogen and oxygen atoms in total. The monoisotopic (exact) mass is 269 g/mol. The summed E-state index contributed by atoms with van der Waals surface area (Å²) in [5, 5.41) is 14.0. The molecule has 1 heterocycles. The molecule has 4 aliphatic rings. The maximum atomic E-state index is 9.33. The van der Waals surface area contributed by atoms with Gasteiger partial charge in [-0.15, -0.1) is 0 Å². The van der Waals surface area contributed by atoms with Gasteiger partial charge in [0.05, 0.1) is 23.5 Å². The molecule has 0 radical (unpaired) electrons. The molecule has 0 aliphatic heterocycles. The molecule has 4 aliphatic carbocycles. The molecule has 0 saturated heterocycles. The first-order valence-electron chi connectivity index (χ1n) is 8.14. The van der Waals surface area contributed by atoms with E-state index in [9.17, 15) is 5.26 Å². The summed E-state index contributed by atoms with van der Waals surface area (Å²) < 4.78 is 2.26. The van der Waals surface area contributed by atoms with Crippen LogP contribution in [0.2, 0.25) is 0 Å². The smallest absolute Gasteiger partial charge is 0.103 e. The predicted octanol–water partition coefficient (Wildman–Crippen LogP) is 3.88. The Morgan fingerprint density at radius 3 is 2.25 bits per heavy atom. The Morgan fingerprint density at radius 2 is 1.75 bits per heavy atom. The third kappa shape index (κ3) is 1.67. The summed E-state index contributed by atoms with van der Waals surface area (Å²) in [5.41, 5.74) is 1.96. The Hall–Kier alpha value is -1.30. The fraction of sp³-hybridized carbons (Fsp3) is 0.765. The average molecular weight is 269 g/mol. The van der Waals surface area contributed by atoms with Crippen molar-refractivity contribution in [2.75, 3.05) is 0 Å². The van der Waals surface area contributed by atoms with Crippen LogP contribution in [0.3, 0.4) is 0 Å². The predicted molar refractivity (Wildman–Crippen MR) is 77.1 cm³/mol. The summed E-state index contributed by atoms with van der Waals surface area (Å²) >= 11 is 0. The molecule has 0 atom stereocenters. The fourth-order valence-corrected chi connectivity index (χ4v) is 5.57. The van der Waals surface area contributed by atoms with Gasteiger partial charge in [0.1, 0.15) is 6.07 Å². The second-order valence-electron chi connectivity index (χ2n) is 7.58. The average Bonchev–Trinajstić information content (AvgIpc) is 2.81. The summed E-state index contributed by atoms with van der Waals surface area (Å²) in [5.74, 6) is 3.99. The molecule has 1 aromatic heterocycles. The first-order chi connectivity index (χ1) is 9.67. The zero-order chi connectivity index (χ0) is 13.9. The van der Waals surface area contributed by atoms with Gasteiger partial charge in [-0.25, -0.2) is 0 Å². The summed E-state index contributed by atoms with van der Waals surface area (Å²) in [6.07, 6.45) is 8.88. The van der Waals surface area contributed by atoms with E-state index in [2.05, 4.69) is 29.7 Å². The molecule has 0 unspecified atom stereocenters. The van der Waals surface area contributed by atoms with E-state index in [1.165, 1.54) is 37.8 Å². The lowest BCUT2D eigenvalue weighted by Crippen LogP contribution is -2.46. The molecule has 4 fully saturated rings. The second-order valence-corrected chi connectivity index (χ2v) is 7.58. The highest BCUT2D eigenvalue weighted by molar-refractivity contribution is 5.34. The topological polar surface area (TPSA) is 41.6 Å².